The number of halogens is 2. The molecule has 1 aromatic carbocycles. The molecule has 2 aliphatic rings. The van der Waals surface area contributed by atoms with Gasteiger partial charge in [0.25, 0.3) is 0 Å². The van der Waals surface area contributed by atoms with Crippen molar-refractivity contribution in [2.75, 3.05) is 31.1 Å². The number of ether oxygens (including phenoxy) is 1. The minimum atomic E-state index is -0.646. The number of benzene rings is 1. The third-order valence-corrected chi connectivity index (χ3v) is 3.48. The summed E-state index contributed by atoms with van der Waals surface area (Å²) < 4.78 is 33.2. The zero-order valence-corrected chi connectivity index (χ0v) is 10.8. The highest BCUT2D eigenvalue weighted by atomic mass is 19.1. The van der Waals surface area contributed by atoms with E-state index in [-0.39, 0.29) is 17.9 Å². The quantitative estimate of drug-likeness (QED) is 0.903. The van der Waals surface area contributed by atoms with E-state index in [1.807, 2.05) is 0 Å². The molecule has 1 fully saturated rings. The highest BCUT2D eigenvalue weighted by molar-refractivity contribution is 5.89. The standard InChI is InChI=1S/C14H14F2N2O2/c15-11-7-10(18-5-6-20-14(18)19)8-12(16)13(11)9-1-3-17-4-2-9/h1,7-8,17H,2-6H2. The van der Waals surface area contributed by atoms with Crippen molar-refractivity contribution in [1.82, 2.24) is 5.32 Å². The SMILES string of the molecule is O=C1OCCN1c1cc(F)c(C2=CCNCC2)c(F)c1. The summed E-state index contributed by atoms with van der Waals surface area (Å²) in [6.45, 7) is 1.85. The van der Waals surface area contributed by atoms with E-state index in [1.165, 1.54) is 17.0 Å². The zero-order valence-electron chi connectivity index (χ0n) is 10.8. The summed E-state index contributed by atoms with van der Waals surface area (Å²) in [5.74, 6) is -1.29. The van der Waals surface area contributed by atoms with Gasteiger partial charge in [0.05, 0.1) is 12.2 Å². The lowest BCUT2D eigenvalue weighted by molar-refractivity contribution is 0.181. The molecule has 0 spiro atoms. The smallest absolute Gasteiger partial charge is 0.414 e. The Morgan fingerprint density at radius 1 is 1.25 bits per heavy atom. The summed E-state index contributed by atoms with van der Waals surface area (Å²) in [4.78, 5) is 12.7. The third-order valence-electron chi connectivity index (χ3n) is 3.48. The van der Waals surface area contributed by atoms with Gasteiger partial charge in [-0.25, -0.2) is 13.6 Å². The second-order valence-electron chi connectivity index (χ2n) is 4.73. The second-order valence-corrected chi connectivity index (χ2v) is 4.73. The van der Waals surface area contributed by atoms with Gasteiger partial charge in [0.2, 0.25) is 0 Å². The summed E-state index contributed by atoms with van der Waals surface area (Å²) in [6, 6.07) is 2.38. The maximum atomic E-state index is 14.2. The summed E-state index contributed by atoms with van der Waals surface area (Å²) in [6.07, 6.45) is 1.80. The van der Waals surface area contributed by atoms with Crippen LogP contribution in [0.15, 0.2) is 18.2 Å². The molecule has 1 saturated heterocycles. The molecule has 0 aliphatic carbocycles. The summed E-state index contributed by atoms with van der Waals surface area (Å²) >= 11 is 0. The van der Waals surface area contributed by atoms with Crippen LogP contribution in [0.2, 0.25) is 0 Å². The highest BCUT2D eigenvalue weighted by Crippen LogP contribution is 2.30. The lowest BCUT2D eigenvalue weighted by Gasteiger charge is -2.18. The Labute approximate surface area is 115 Å². The van der Waals surface area contributed by atoms with Crippen LogP contribution in [0.1, 0.15) is 12.0 Å². The molecule has 3 rings (SSSR count). The Balaban J connectivity index is 1.98. The lowest BCUT2D eigenvalue weighted by atomic mass is 9.98. The molecule has 4 nitrogen and oxygen atoms in total. The zero-order chi connectivity index (χ0) is 14.1. The molecule has 2 heterocycles. The van der Waals surface area contributed by atoms with Gasteiger partial charge >= 0.3 is 6.09 Å². The van der Waals surface area contributed by atoms with Gasteiger partial charge in [0, 0.05) is 12.1 Å². The first-order chi connectivity index (χ1) is 9.66. The van der Waals surface area contributed by atoms with Gasteiger partial charge in [-0.3, -0.25) is 4.90 Å². The van der Waals surface area contributed by atoms with Gasteiger partial charge in [0.1, 0.15) is 18.2 Å². The molecule has 0 aromatic heterocycles. The molecule has 0 saturated carbocycles. The molecular formula is C14H14F2N2O2. The van der Waals surface area contributed by atoms with Crippen LogP contribution < -0.4 is 10.2 Å². The normalized spacial score (nSPS) is 19.0. The van der Waals surface area contributed by atoms with E-state index in [2.05, 4.69) is 5.32 Å². The predicted molar refractivity (Wildman–Crippen MR) is 70.5 cm³/mol. The number of hydrogen-bond donors (Lipinski definition) is 1. The van der Waals surface area contributed by atoms with Gasteiger partial charge in [-0.15, -0.1) is 0 Å². The fourth-order valence-electron chi connectivity index (χ4n) is 2.50. The maximum absolute atomic E-state index is 14.2. The van der Waals surface area contributed by atoms with Crippen molar-refractivity contribution in [3.8, 4) is 0 Å². The molecule has 0 radical (unpaired) electrons. The van der Waals surface area contributed by atoms with Crippen molar-refractivity contribution < 1.29 is 18.3 Å². The number of anilines is 1. The number of carbonyl (C=O) groups is 1. The minimum absolute atomic E-state index is 0.00261. The Kier molecular flexibility index (Phi) is 3.40. The predicted octanol–water partition coefficient (Wildman–Crippen LogP) is 2.30. The van der Waals surface area contributed by atoms with E-state index in [1.54, 1.807) is 6.08 Å². The van der Waals surface area contributed by atoms with Crippen molar-refractivity contribution in [2.24, 2.45) is 0 Å². The van der Waals surface area contributed by atoms with Crippen LogP contribution in [0.25, 0.3) is 5.57 Å². The largest absolute Gasteiger partial charge is 0.447 e. The van der Waals surface area contributed by atoms with Crippen LogP contribution in [-0.4, -0.2) is 32.3 Å². The molecule has 6 heteroatoms. The topological polar surface area (TPSA) is 41.6 Å². The first kappa shape index (κ1) is 13.1. The maximum Gasteiger partial charge on any atom is 0.414 e. The molecule has 1 amide bonds. The fourth-order valence-corrected chi connectivity index (χ4v) is 2.50. The summed E-state index contributed by atoms with van der Waals surface area (Å²) in [5.41, 5.74) is 0.859. The molecular weight excluding hydrogens is 266 g/mol. The van der Waals surface area contributed by atoms with E-state index in [0.717, 1.165) is 0 Å². The molecule has 0 atom stereocenters. The van der Waals surface area contributed by atoms with E-state index in [0.29, 0.717) is 31.6 Å². The number of hydrogen-bond acceptors (Lipinski definition) is 3. The number of amides is 1. The lowest BCUT2D eigenvalue weighted by Crippen LogP contribution is -2.24. The number of nitrogens with zero attached hydrogens (tertiary/aromatic N) is 1. The first-order valence-corrected chi connectivity index (χ1v) is 6.50. The Morgan fingerprint density at radius 2 is 2.00 bits per heavy atom. The van der Waals surface area contributed by atoms with Crippen molar-refractivity contribution in [1.29, 1.82) is 0 Å². The molecule has 2 aliphatic heterocycles. The summed E-state index contributed by atoms with van der Waals surface area (Å²) in [7, 11) is 0. The van der Waals surface area contributed by atoms with Crippen molar-refractivity contribution in [2.45, 2.75) is 6.42 Å². The van der Waals surface area contributed by atoms with Crippen LogP contribution in [0.3, 0.4) is 0 Å². The van der Waals surface area contributed by atoms with Gasteiger partial charge in [-0.2, -0.15) is 0 Å². The van der Waals surface area contributed by atoms with E-state index in [4.69, 9.17) is 4.74 Å². The first-order valence-electron chi connectivity index (χ1n) is 6.50. The van der Waals surface area contributed by atoms with Crippen molar-refractivity contribution in [3.63, 3.8) is 0 Å². The number of cyclic esters (lactones) is 1. The number of rotatable bonds is 2. The van der Waals surface area contributed by atoms with Gasteiger partial charge in [0.15, 0.2) is 0 Å². The minimum Gasteiger partial charge on any atom is -0.447 e. The fraction of sp³-hybridized carbons (Fsp3) is 0.357. The van der Waals surface area contributed by atoms with E-state index in [9.17, 15) is 13.6 Å². The Bertz CT molecular complexity index is 564. The summed E-state index contributed by atoms with van der Waals surface area (Å²) in [5, 5.41) is 3.09. The van der Waals surface area contributed by atoms with Crippen LogP contribution in [0.5, 0.6) is 0 Å². The van der Waals surface area contributed by atoms with Crippen LogP contribution in [0, 0.1) is 11.6 Å². The molecule has 1 aromatic rings. The molecule has 20 heavy (non-hydrogen) atoms. The Hall–Kier alpha value is -1.95. The molecule has 1 N–H and O–H groups in total. The second kappa shape index (κ2) is 5.20. The van der Waals surface area contributed by atoms with E-state index < -0.39 is 17.7 Å². The average Bonchev–Trinajstić information content (AvgIpc) is 2.85. The van der Waals surface area contributed by atoms with E-state index >= 15 is 0 Å². The third kappa shape index (κ3) is 2.27. The van der Waals surface area contributed by atoms with Crippen molar-refractivity contribution in [3.05, 3.63) is 35.4 Å². The molecule has 0 bridgehead atoms. The average molecular weight is 280 g/mol. The van der Waals surface area contributed by atoms with Crippen LogP contribution >= 0.6 is 0 Å². The molecule has 106 valence electrons. The van der Waals surface area contributed by atoms with Gasteiger partial charge in [-0.1, -0.05) is 6.08 Å². The van der Waals surface area contributed by atoms with Crippen molar-refractivity contribution >= 4 is 17.4 Å². The Morgan fingerprint density at radius 3 is 2.55 bits per heavy atom. The van der Waals surface area contributed by atoms with Gasteiger partial charge < -0.3 is 10.1 Å². The van der Waals surface area contributed by atoms with Gasteiger partial charge in [-0.05, 0) is 30.7 Å². The molecule has 0 unspecified atom stereocenters. The number of nitrogens with one attached hydrogen (secondary N) is 1. The number of carbonyl (C=O) groups excluding carboxylic acids is 1. The monoisotopic (exact) mass is 280 g/mol. The van der Waals surface area contributed by atoms with Crippen LogP contribution in [0.4, 0.5) is 19.3 Å². The highest BCUT2D eigenvalue weighted by Gasteiger charge is 2.26. The van der Waals surface area contributed by atoms with Crippen LogP contribution in [-0.2, 0) is 4.74 Å².